The smallest absolute Gasteiger partial charge is 0.251 e. The van der Waals surface area contributed by atoms with Crippen LogP contribution in [0.3, 0.4) is 0 Å². The summed E-state index contributed by atoms with van der Waals surface area (Å²) < 4.78 is 5.90. The van der Waals surface area contributed by atoms with Crippen LogP contribution in [0.1, 0.15) is 16.8 Å². The van der Waals surface area contributed by atoms with Crippen molar-refractivity contribution in [3.8, 4) is 0 Å². The van der Waals surface area contributed by atoms with Gasteiger partial charge in [-0.3, -0.25) is 4.79 Å². The highest BCUT2D eigenvalue weighted by molar-refractivity contribution is 9.10. The van der Waals surface area contributed by atoms with E-state index in [0.29, 0.717) is 18.7 Å². The number of ether oxygens (including phenoxy) is 1. The first-order chi connectivity index (χ1) is 8.13. The lowest BCUT2D eigenvalue weighted by molar-refractivity contribution is 0.0952. The topological polar surface area (TPSA) is 38.3 Å². The minimum absolute atomic E-state index is 0.0524. The Morgan fingerprint density at radius 3 is 2.94 bits per heavy atom. The van der Waals surface area contributed by atoms with Crippen molar-refractivity contribution < 1.29 is 9.53 Å². The number of methoxy groups -OCH3 is 1. The van der Waals surface area contributed by atoms with Crippen LogP contribution in [-0.2, 0) is 4.74 Å². The fourth-order valence-corrected chi connectivity index (χ4v) is 2.23. The van der Waals surface area contributed by atoms with E-state index in [0.717, 1.165) is 10.9 Å². The van der Waals surface area contributed by atoms with Crippen LogP contribution < -0.4 is 5.32 Å². The van der Waals surface area contributed by atoms with Crippen LogP contribution in [0.2, 0.25) is 0 Å². The third-order valence-corrected chi connectivity index (χ3v) is 3.39. The molecule has 94 valence electrons. The molecule has 0 aliphatic rings. The Morgan fingerprint density at radius 1 is 1.53 bits per heavy atom. The molecule has 1 N–H and O–H groups in total. The first-order valence-corrected chi connectivity index (χ1v) is 7.01. The lowest BCUT2D eigenvalue weighted by atomic mass is 10.2. The summed E-state index contributed by atoms with van der Waals surface area (Å²) >= 11 is 6.81. The molecule has 0 saturated carbocycles. The Hall–Kier alpha value is -0.390. The number of amides is 1. The van der Waals surface area contributed by atoms with Crippen LogP contribution in [0.25, 0.3) is 0 Å². The molecule has 3 nitrogen and oxygen atoms in total. The Bertz CT molecular complexity index is 371. The van der Waals surface area contributed by atoms with Crippen molar-refractivity contribution >= 4 is 37.8 Å². The normalized spacial score (nSPS) is 12.2. The molecule has 1 aromatic rings. The summed E-state index contributed by atoms with van der Waals surface area (Å²) in [6.07, 6.45) is 0.841. The van der Waals surface area contributed by atoms with Crippen LogP contribution in [0, 0.1) is 0 Å². The third kappa shape index (κ3) is 5.66. The van der Waals surface area contributed by atoms with Crippen LogP contribution in [0.4, 0.5) is 0 Å². The zero-order valence-corrected chi connectivity index (χ0v) is 12.8. The maximum absolute atomic E-state index is 11.8. The third-order valence-electron chi connectivity index (χ3n) is 2.18. The second kappa shape index (κ2) is 7.84. The van der Waals surface area contributed by atoms with Gasteiger partial charge in [0, 0.05) is 28.5 Å². The van der Waals surface area contributed by atoms with Gasteiger partial charge >= 0.3 is 0 Å². The summed E-state index contributed by atoms with van der Waals surface area (Å²) in [7, 11) is 1.66. The highest BCUT2D eigenvalue weighted by Gasteiger charge is 2.07. The number of halogens is 2. The van der Waals surface area contributed by atoms with Gasteiger partial charge in [-0.25, -0.2) is 0 Å². The predicted octanol–water partition coefficient (Wildman–Crippen LogP) is 2.98. The molecule has 17 heavy (non-hydrogen) atoms. The van der Waals surface area contributed by atoms with E-state index in [4.69, 9.17) is 4.74 Å². The molecule has 0 saturated heterocycles. The minimum atomic E-state index is -0.0524. The van der Waals surface area contributed by atoms with Crippen molar-refractivity contribution in [3.63, 3.8) is 0 Å². The number of carbonyl (C=O) groups excluding carboxylic acids is 1. The fourth-order valence-electron chi connectivity index (χ4n) is 1.34. The van der Waals surface area contributed by atoms with Gasteiger partial charge < -0.3 is 10.1 Å². The van der Waals surface area contributed by atoms with Gasteiger partial charge in [-0.1, -0.05) is 37.9 Å². The van der Waals surface area contributed by atoms with Crippen LogP contribution >= 0.6 is 31.9 Å². The highest BCUT2D eigenvalue weighted by atomic mass is 79.9. The van der Waals surface area contributed by atoms with Crippen LogP contribution in [-0.4, -0.2) is 31.0 Å². The van der Waals surface area contributed by atoms with Gasteiger partial charge in [0.1, 0.15) is 0 Å². The average Bonchev–Trinajstić information content (AvgIpc) is 2.29. The largest absolute Gasteiger partial charge is 0.384 e. The standard InChI is InChI=1S/C12H15Br2NO2/c1-17-8-11(14)5-6-15-12(16)9-3-2-4-10(13)7-9/h2-4,7,11H,5-6,8H2,1H3,(H,15,16). The molecular weight excluding hydrogens is 350 g/mol. The number of rotatable bonds is 6. The average molecular weight is 365 g/mol. The maximum atomic E-state index is 11.8. The molecule has 0 aliphatic carbocycles. The molecular formula is C12H15Br2NO2. The molecule has 1 unspecified atom stereocenters. The number of hydrogen-bond acceptors (Lipinski definition) is 2. The quantitative estimate of drug-likeness (QED) is 0.788. The zero-order valence-electron chi connectivity index (χ0n) is 9.58. The van der Waals surface area contributed by atoms with Gasteiger partial charge in [-0.2, -0.15) is 0 Å². The number of nitrogens with one attached hydrogen (secondary N) is 1. The van der Waals surface area contributed by atoms with E-state index < -0.39 is 0 Å². The first kappa shape index (κ1) is 14.7. The first-order valence-electron chi connectivity index (χ1n) is 5.30. The van der Waals surface area contributed by atoms with Crippen LogP contribution in [0.5, 0.6) is 0 Å². The predicted molar refractivity (Wildman–Crippen MR) is 75.7 cm³/mol. The van der Waals surface area contributed by atoms with Gasteiger partial charge in [0.25, 0.3) is 5.91 Å². The second-order valence-electron chi connectivity index (χ2n) is 3.61. The highest BCUT2D eigenvalue weighted by Crippen LogP contribution is 2.11. The van der Waals surface area contributed by atoms with Gasteiger partial charge in [0.2, 0.25) is 0 Å². The minimum Gasteiger partial charge on any atom is -0.384 e. The van der Waals surface area contributed by atoms with Gasteiger partial charge in [-0.05, 0) is 24.6 Å². The fraction of sp³-hybridized carbons (Fsp3) is 0.417. The molecule has 0 aliphatic heterocycles. The number of carbonyl (C=O) groups is 1. The van der Waals surface area contributed by atoms with Crippen molar-refractivity contribution in [1.82, 2.24) is 5.32 Å². The van der Waals surface area contributed by atoms with E-state index in [9.17, 15) is 4.79 Å². The molecule has 0 radical (unpaired) electrons. The lowest BCUT2D eigenvalue weighted by Gasteiger charge is -2.09. The second-order valence-corrected chi connectivity index (χ2v) is 5.82. The Balaban J connectivity index is 2.35. The molecule has 1 rings (SSSR count). The van der Waals surface area contributed by atoms with Gasteiger partial charge in [0.05, 0.1) is 6.61 Å². The van der Waals surface area contributed by atoms with E-state index in [1.165, 1.54) is 0 Å². The van der Waals surface area contributed by atoms with E-state index in [-0.39, 0.29) is 10.7 Å². The summed E-state index contributed by atoms with van der Waals surface area (Å²) in [4.78, 5) is 12.0. The van der Waals surface area contributed by atoms with E-state index in [1.807, 2.05) is 12.1 Å². The van der Waals surface area contributed by atoms with Crippen molar-refractivity contribution in [3.05, 3.63) is 34.3 Å². The Morgan fingerprint density at radius 2 is 2.29 bits per heavy atom. The Labute approximate surface area is 118 Å². The Kier molecular flexibility index (Phi) is 6.77. The SMILES string of the molecule is COCC(Br)CCNC(=O)c1cccc(Br)c1. The number of alkyl halides is 1. The van der Waals surface area contributed by atoms with E-state index in [1.54, 1.807) is 19.2 Å². The summed E-state index contributed by atoms with van der Waals surface area (Å²) in [5.41, 5.74) is 0.664. The van der Waals surface area contributed by atoms with Crippen molar-refractivity contribution in [2.24, 2.45) is 0 Å². The molecule has 0 fully saturated rings. The summed E-state index contributed by atoms with van der Waals surface area (Å²) in [5.74, 6) is -0.0524. The van der Waals surface area contributed by atoms with Gasteiger partial charge in [0.15, 0.2) is 0 Å². The van der Waals surface area contributed by atoms with Crippen molar-refractivity contribution in [1.29, 1.82) is 0 Å². The number of benzene rings is 1. The molecule has 1 aromatic carbocycles. The van der Waals surface area contributed by atoms with Crippen molar-refractivity contribution in [2.75, 3.05) is 20.3 Å². The molecule has 1 amide bonds. The summed E-state index contributed by atoms with van der Waals surface area (Å²) in [5, 5.41) is 2.87. The van der Waals surface area contributed by atoms with Crippen molar-refractivity contribution in [2.45, 2.75) is 11.2 Å². The lowest BCUT2D eigenvalue weighted by Crippen LogP contribution is -2.26. The monoisotopic (exact) mass is 363 g/mol. The van der Waals surface area contributed by atoms with Crippen LogP contribution in [0.15, 0.2) is 28.7 Å². The summed E-state index contributed by atoms with van der Waals surface area (Å²) in [6, 6.07) is 7.33. The van der Waals surface area contributed by atoms with E-state index in [2.05, 4.69) is 37.2 Å². The van der Waals surface area contributed by atoms with Gasteiger partial charge in [-0.15, -0.1) is 0 Å². The van der Waals surface area contributed by atoms with E-state index >= 15 is 0 Å². The zero-order chi connectivity index (χ0) is 12.7. The molecule has 0 bridgehead atoms. The molecule has 0 heterocycles. The molecule has 1 atom stereocenters. The number of hydrogen-bond donors (Lipinski definition) is 1. The maximum Gasteiger partial charge on any atom is 0.251 e. The summed E-state index contributed by atoms with van der Waals surface area (Å²) in [6.45, 7) is 1.28. The molecule has 0 aromatic heterocycles. The molecule has 5 heteroatoms. The molecule has 0 spiro atoms.